The average Bonchev–Trinajstić information content (AvgIpc) is 3.64. The lowest BCUT2D eigenvalue weighted by atomic mass is 10.1. The predicted octanol–water partition coefficient (Wildman–Crippen LogP) is 2.69. The van der Waals surface area contributed by atoms with Crippen LogP contribution in [0.25, 0.3) is 11.0 Å². The summed E-state index contributed by atoms with van der Waals surface area (Å²) >= 11 is 0. The zero-order valence-electron chi connectivity index (χ0n) is 19.9. The number of ether oxygens (including phenoxy) is 1. The van der Waals surface area contributed by atoms with Crippen LogP contribution in [0.5, 0.6) is 5.75 Å². The molecule has 3 aromatic rings. The normalized spacial score (nSPS) is 18.0. The zero-order valence-corrected chi connectivity index (χ0v) is 19.9. The molecule has 35 heavy (non-hydrogen) atoms. The molecule has 0 radical (unpaired) electrons. The van der Waals surface area contributed by atoms with Crippen LogP contribution < -0.4 is 20.9 Å². The number of rotatable bonds is 8. The molecule has 0 spiro atoms. The molecule has 1 saturated carbocycles. The zero-order chi connectivity index (χ0) is 24.5. The third-order valence-corrected chi connectivity index (χ3v) is 7.03. The highest BCUT2D eigenvalue weighted by molar-refractivity contribution is 5.96. The summed E-state index contributed by atoms with van der Waals surface area (Å²) in [5.74, 6) is 1.75. The van der Waals surface area contributed by atoms with Crippen molar-refractivity contribution in [3.63, 3.8) is 0 Å². The summed E-state index contributed by atoms with van der Waals surface area (Å²) in [6.07, 6.45) is 6.59. The number of carbonyl (C=O) groups excluding carboxylic acids is 1. The highest BCUT2D eigenvalue weighted by Gasteiger charge is 2.30. The number of benzene rings is 1. The van der Waals surface area contributed by atoms with E-state index in [-0.39, 0.29) is 23.9 Å². The van der Waals surface area contributed by atoms with Gasteiger partial charge in [-0.25, -0.2) is 4.98 Å². The molecule has 0 bridgehead atoms. The van der Waals surface area contributed by atoms with Crippen LogP contribution in [-0.2, 0) is 13.1 Å². The van der Waals surface area contributed by atoms with E-state index in [1.165, 1.54) is 23.7 Å². The SMILES string of the molecule is COc1cccc(C(=O)Cn2cnc3c(C#N)c(N4CCCC(N)C4)n(CCC4CC4)c3c2=O)c1. The van der Waals surface area contributed by atoms with Crippen molar-refractivity contribution in [3.8, 4) is 11.8 Å². The van der Waals surface area contributed by atoms with Gasteiger partial charge in [0.05, 0.1) is 20.0 Å². The van der Waals surface area contributed by atoms with Gasteiger partial charge in [0.1, 0.15) is 34.2 Å². The van der Waals surface area contributed by atoms with Crippen LogP contribution in [0.15, 0.2) is 35.4 Å². The quantitative estimate of drug-likeness (QED) is 0.499. The third kappa shape index (κ3) is 4.54. The lowest BCUT2D eigenvalue weighted by molar-refractivity contribution is 0.0970. The number of fused-ring (bicyclic) bond motifs is 1. The number of piperidine rings is 1. The third-order valence-electron chi connectivity index (χ3n) is 7.03. The molecule has 182 valence electrons. The van der Waals surface area contributed by atoms with Gasteiger partial charge in [0.25, 0.3) is 5.56 Å². The van der Waals surface area contributed by atoms with Crippen molar-refractivity contribution in [1.82, 2.24) is 14.1 Å². The number of nitriles is 1. The van der Waals surface area contributed by atoms with Crippen LogP contribution in [0.1, 0.15) is 48.0 Å². The van der Waals surface area contributed by atoms with Crippen LogP contribution in [-0.4, -0.2) is 46.1 Å². The molecule has 5 rings (SSSR count). The maximum Gasteiger partial charge on any atom is 0.278 e. The highest BCUT2D eigenvalue weighted by atomic mass is 16.5. The second-order valence-electron chi connectivity index (χ2n) is 9.57. The molecule has 1 aromatic carbocycles. The van der Waals surface area contributed by atoms with Gasteiger partial charge < -0.3 is 19.9 Å². The van der Waals surface area contributed by atoms with Crippen molar-refractivity contribution < 1.29 is 9.53 Å². The lowest BCUT2D eigenvalue weighted by Crippen LogP contribution is -2.44. The summed E-state index contributed by atoms with van der Waals surface area (Å²) in [7, 11) is 1.54. The first-order valence-corrected chi connectivity index (χ1v) is 12.2. The molecule has 9 nitrogen and oxygen atoms in total. The Labute approximate surface area is 203 Å². The van der Waals surface area contributed by atoms with E-state index in [1.807, 2.05) is 4.57 Å². The van der Waals surface area contributed by atoms with Crippen LogP contribution >= 0.6 is 0 Å². The fourth-order valence-electron chi connectivity index (χ4n) is 4.98. The van der Waals surface area contributed by atoms with Gasteiger partial charge in [0, 0.05) is 31.2 Å². The highest BCUT2D eigenvalue weighted by Crippen LogP contribution is 2.36. The monoisotopic (exact) mass is 474 g/mol. The van der Waals surface area contributed by atoms with E-state index in [0.29, 0.717) is 46.9 Å². The van der Waals surface area contributed by atoms with E-state index in [0.717, 1.165) is 31.6 Å². The summed E-state index contributed by atoms with van der Waals surface area (Å²) in [6.45, 7) is 1.91. The number of carbonyl (C=O) groups is 1. The number of hydrogen-bond acceptors (Lipinski definition) is 7. The van der Waals surface area contributed by atoms with Gasteiger partial charge in [-0.15, -0.1) is 0 Å². The lowest BCUT2D eigenvalue weighted by Gasteiger charge is -2.33. The maximum absolute atomic E-state index is 13.7. The minimum atomic E-state index is -0.314. The molecule has 2 N–H and O–H groups in total. The van der Waals surface area contributed by atoms with E-state index in [2.05, 4.69) is 16.0 Å². The summed E-state index contributed by atoms with van der Waals surface area (Å²) in [4.78, 5) is 33.3. The van der Waals surface area contributed by atoms with Crippen molar-refractivity contribution >= 4 is 22.6 Å². The van der Waals surface area contributed by atoms with Gasteiger partial charge in [-0.2, -0.15) is 5.26 Å². The Bertz CT molecular complexity index is 1360. The molecule has 2 fully saturated rings. The minimum Gasteiger partial charge on any atom is -0.497 e. The molecule has 3 heterocycles. The first-order valence-electron chi connectivity index (χ1n) is 12.2. The van der Waals surface area contributed by atoms with E-state index in [1.54, 1.807) is 31.4 Å². The average molecular weight is 475 g/mol. The number of nitrogens with zero attached hydrogens (tertiary/aromatic N) is 5. The van der Waals surface area contributed by atoms with Gasteiger partial charge in [0.15, 0.2) is 5.78 Å². The summed E-state index contributed by atoms with van der Waals surface area (Å²) < 4.78 is 8.52. The van der Waals surface area contributed by atoms with Crippen LogP contribution in [0.2, 0.25) is 0 Å². The number of ketones is 1. The van der Waals surface area contributed by atoms with Crippen molar-refractivity contribution in [3.05, 3.63) is 52.1 Å². The minimum absolute atomic E-state index is 0.0234. The standard InChI is InChI=1S/C26H30N6O3/c1-35-20-6-2-4-18(12-20)22(33)15-31-16-29-23-21(13-27)25(30-10-3-5-19(28)14-30)32(24(23)26(31)34)11-9-17-7-8-17/h2,4,6,12,16-17,19H,3,5,7-11,14-15,28H2,1H3. The number of hydrogen-bond donors (Lipinski definition) is 1. The van der Waals surface area contributed by atoms with Crippen LogP contribution in [0, 0.1) is 17.2 Å². The second kappa shape index (κ2) is 9.55. The van der Waals surface area contributed by atoms with Gasteiger partial charge in [-0.3, -0.25) is 14.2 Å². The molecule has 0 amide bonds. The number of methoxy groups -OCH3 is 1. The molecular formula is C26H30N6O3. The molecule has 1 aliphatic heterocycles. The van der Waals surface area contributed by atoms with Crippen molar-refractivity contribution in [2.45, 2.75) is 51.2 Å². The number of aromatic nitrogens is 3. The first-order chi connectivity index (χ1) is 17.0. The van der Waals surface area contributed by atoms with E-state index >= 15 is 0 Å². The Morgan fingerprint density at radius 3 is 2.86 bits per heavy atom. The van der Waals surface area contributed by atoms with E-state index < -0.39 is 0 Å². The molecular weight excluding hydrogens is 444 g/mol. The Balaban J connectivity index is 1.58. The maximum atomic E-state index is 13.7. The molecule has 1 atom stereocenters. The van der Waals surface area contributed by atoms with E-state index in [4.69, 9.17) is 10.5 Å². The Kier molecular flexibility index (Phi) is 6.31. The second-order valence-corrected chi connectivity index (χ2v) is 9.57. The molecule has 2 aromatic heterocycles. The van der Waals surface area contributed by atoms with Crippen molar-refractivity contribution in [2.75, 3.05) is 25.1 Å². The number of nitrogens with two attached hydrogens (primary N) is 1. The summed E-state index contributed by atoms with van der Waals surface area (Å²) in [5.41, 5.74) is 7.59. The van der Waals surface area contributed by atoms with Gasteiger partial charge in [-0.1, -0.05) is 25.0 Å². The Morgan fingerprint density at radius 2 is 2.14 bits per heavy atom. The fourth-order valence-corrected chi connectivity index (χ4v) is 4.98. The summed E-state index contributed by atoms with van der Waals surface area (Å²) in [6, 6.07) is 9.19. The number of aryl methyl sites for hydroxylation is 1. The smallest absolute Gasteiger partial charge is 0.278 e. The van der Waals surface area contributed by atoms with Crippen LogP contribution in [0.4, 0.5) is 5.82 Å². The Hall–Kier alpha value is -3.64. The predicted molar refractivity (Wildman–Crippen MR) is 133 cm³/mol. The van der Waals surface area contributed by atoms with Gasteiger partial charge in [-0.05, 0) is 37.3 Å². The molecule has 1 unspecified atom stereocenters. The first kappa shape index (κ1) is 23.1. The molecule has 2 aliphatic rings. The van der Waals surface area contributed by atoms with Crippen LogP contribution in [0.3, 0.4) is 0 Å². The van der Waals surface area contributed by atoms with Crippen molar-refractivity contribution in [1.29, 1.82) is 5.26 Å². The molecule has 9 heteroatoms. The molecule has 1 saturated heterocycles. The van der Waals surface area contributed by atoms with Gasteiger partial charge >= 0.3 is 0 Å². The number of Topliss-reactive ketones (excluding diaryl/α,β-unsaturated/α-hetero) is 1. The summed E-state index contributed by atoms with van der Waals surface area (Å²) in [5, 5.41) is 10.1. The Morgan fingerprint density at radius 1 is 1.31 bits per heavy atom. The number of anilines is 1. The molecule has 1 aliphatic carbocycles. The van der Waals surface area contributed by atoms with Gasteiger partial charge in [0.2, 0.25) is 0 Å². The topological polar surface area (TPSA) is 119 Å². The fraction of sp³-hybridized carbons (Fsp3) is 0.462. The van der Waals surface area contributed by atoms with E-state index in [9.17, 15) is 14.9 Å². The van der Waals surface area contributed by atoms with Crippen molar-refractivity contribution in [2.24, 2.45) is 11.7 Å². The largest absolute Gasteiger partial charge is 0.497 e.